The van der Waals surface area contributed by atoms with Crippen LogP contribution in [0.3, 0.4) is 0 Å². The van der Waals surface area contributed by atoms with Crippen LogP contribution >= 0.6 is 0 Å². The molecule has 2 atom stereocenters. The van der Waals surface area contributed by atoms with E-state index in [1.54, 1.807) is 0 Å². The lowest BCUT2D eigenvalue weighted by Gasteiger charge is -2.38. The van der Waals surface area contributed by atoms with Gasteiger partial charge in [-0.15, -0.1) is 0 Å². The van der Waals surface area contributed by atoms with Gasteiger partial charge < -0.3 is 9.53 Å². The van der Waals surface area contributed by atoms with Crippen molar-refractivity contribution in [1.82, 2.24) is 0 Å². The van der Waals surface area contributed by atoms with Gasteiger partial charge in [0.25, 0.3) is 0 Å². The van der Waals surface area contributed by atoms with Crippen LogP contribution in [0, 0.1) is 17.8 Å². The largest absolute Gasteiger partial charge is 0.416 e. The minimum absolute atomic E-state index is 0.216. The molecule has 2 nitrogen and oxygen atoms in total. The summed E-state index contributed by atoms with van der Waals surface area (Å²) < 4.78 is 6.46. The number of hydrogen-bond donors (Lipinski definition) is 1. The van der Waals surface area contributed by atoms with Crippen molar-refractivity contribution in [3.05, 3.63) is 12.2 Å². The SMILES string of the molecule is C=C(C[C@@H](O)C1CCCCC1)[C@@H](CO[Si](C)(C)C(C)(C)C)C(C)C. The van der Waals surface area contributed by atoms with Crippen LogP contribution in [0.1, 0.15) is 73.1 Å². The molecule has 0 aliphatic heterocycles. The lowest BCUT2D eigenvalue weighted by molar-refractivity contribution is 0.0800. The standard InChI is InChI=1S/C21H42O2Si/c1-16(2)19(15-23-24(7,8)21(4,5)6)17(3)14-20(22)18-12-10-9-11-13-18/h16,18-20,22H,3,9-15H2,1-2,4-8H3/t19-,20+/m0/s1. The van der Waals surface area contributed by atoms with Gasteiger partial charge in [0, 0.05) is 12.5 Å². The molecule has 0 aromatic heterocycles. The first-order chi connectivity index (χ1) is 11.0. The summed E-state index contributed by atoms with van der Waals surface area (Å²) in [7, 11) is -1.74. The Kier molecular flexibility index (Phi) is 8.22. The average molecular weight is 355 g/mol. The monoisotopic (exact) mass is 354 g/mol. The molecule has 0 amide bonds. The van der Waals surface area contributed by atoms with E-state index >= 15 is 0 Å². The molecule has 0 spiro atoms. The van der Waals surface area contributed by atoms with E-state index in [2.05, 4.69) is 54.3 Å². The van der Waals surface area contributed by atoms with Gasteiger partial charge >= 0.3 is 0 Å². The van der Waals surface area contributed by atoms with Crippen LogP contribution < -0.4 is 0 Å². The fourth-order valence-corrected chi connectivity index (χ4v) is 4.43. The summed E-state index contributed by atoms with van der Waals surface area (Å²) in [6.45, 7) is 21.1. The van der Waals surface area contributed by atoms with Crippen LogP contribution in [0.2, 0.25) is 18.1 Å². The zero-order valence-corrected chi connectivity index (χ0v) is 18.3. The zero-order valence-electron chi connectivity index (χ0n) is 17.3. The molecular formula is C21H42O2Si. The van der Waals surface area contributed by atoms with Gasteiger partial charge in [0.15, 0.2) is 8.32 Å². The molecule has 0 radical (unpaired) electrons. The minimum Gasteiger partial charge on any atom is -0.416 e. The Labute approximate surface area is 152 Å². The van der Waals surface area contributed by atoms with Crippen molar-refractivity contribution in [2.24, 2.45) is 17.8 Å². The Morgan fingerprint density at radius 2 is 1.71 bits per heavy atom. The predicted molar refractivity (Wildman–Crippen MR) is 108 cm³/mol. The normalized spacial score (nSPS) is 20.2. The summed E-state index contributed by atoms with van der Waals surface area (Å²) >= 11 is 0. The summed E-state index contributed by atoms with van der Waals surface area (Å²) in [6, 6.07) is 0. The molecule has 1 aliphatic carbocycles. The van der Waals surface area contributed by atoms with Crippen LogP contribution in [-0.4, -0.2) is 26.1 Å². The quantitative estimate of drug-likeness (QED) is 0.417. The van der Waals surface area contributed by atoms with E-state index < -0.39 is 8.32 Å². The second-order valence-electron chi connectivity index (χ2n) is 9.75. The fraction of sp³-hybridized carbons (Fsp3) is 0.905. The fourth-order valence-electron chi connectivity index (χ4n) is 3.40. The minimum atomic E-state index is -1.74. The highest BCUT2D eigenvalue weighted by atomic mass is 28.4. The Hall–Kier alpha value is -0.123. The van der Waals surface area contributed by atoms with Crippen LogP contribution in [0.25, 0.3) is 0 Å². The molecule has 0 unspecified atom stereocenters. The second kappa shape index (κ2) is 9.00. The van der Waals surface area contributed by atoms with E-state index in [1.165, 1.54) is 37.7 Å². The zero-order chi connectivity index (χ0) is 18.5. The van der Waals surface area contributed by atoms with Gasteiger partial charge in [0.1, 0.15) is 0 Å². The molecule has 1 saturated carbocycles. The summed E-state index contributed by atoms with van der Waals surface area (Å²) in [5.41, 5.74) is 1.18. The van der Waals surface area contributed by atoms with Gasteiger partial charge in [0.2, 0.25) is 0 Å². The highest BCUT2D eigenvalue weighted by molar-refractivity contribution is 6.74. The molecule has 24 heavy (non-hydrogen) atoms. The third-order valence-corrected chi connectivity index (χ3v) is 10.9. The van der Waals surface area contributed by atoms with Crippen LogP contribution in [0.5, 0.6) is 0 Å². The molecule has 1 N–H and O–H groups in total. The van der Waals surface area contributed by atoms with Gasteiger partial charge in [-0.2, -0.15) is 0 Å². The van der Waals surface area contributed by atoms with E-state index in [-0.39, 0.29) is 11.1 Å². The number of aliphatic hydroxyl groups excluding tert-OH is 1. The van der Waals surface area contributed by atoms with E-state index in [4.69, 9.17) is 4.43 Å². The van der Waals surface area contributed by atoms with Gasteiger partial charge in [-0.05, 0) is 49.2 Å². The summed E-state index contributed by atoms with van der Waals surface area (Å²) in [5.74, 6) is 1.32. The van der Waals surface area contributed by atoms with Crippen LogP contribution in [0.15, 0.2) is 12.2 Å². The maximum absolute atomic E-state index is 10.6. The van der Waals surface area contributed by atoms with Crippen molar-refractivity contribution in [3.63, 3.8) is 0 Å². The Bertz CT molecular complexity index is 389. The summed E-state index contributed by atoms with van der Waals surface area (Å²) in [5, 5.41) is 10.9. The maximum Gasteiger partial charge on any atom is 0.192 e. The third kappa shape index (κ3) is 6.31. The van der Waals surface area contributed by atoms with E-state index in [9.17, 15) is 5.11 Å². The van der Waals surface area contributed by atoms with Crippen LogP contribution in [-0.2, 0) is 4.43 Å². The van der Waals surface area contributed by atoms with Crippen molar-refractivity contribution in [3.8, 4) is 0 Å². The highest BCUT2D eigenvalue weighted by Crippen LogP contribution is 2.38. The third-order valence-electron chi connectivity index (χ3n) is 6.42. The van der Waals surface area contributed by atoms with Crippen molar-refractivity contribution in [2.75, 3.05) is 6.61 Å². The molecule has 0 saturated heterocycles. The van der Waals surface area contributed by atoms with Gasteiger partial charge in [-0.1, -0.05) is 66.0 Å². The van der Waals surface area contributed by atoms with E-state index in [0.717, 1.165) is 13.0 Å². The number of hydrogen-bond acceptors (Lipinski definition) is 2. The first kappa shape index (κ1) is 21.9. The van der Waals surface area contributed by atoms with Gasteiger partial charge in [-0.25, -0.2) is 0 Å². The number of rotatable bonds is 8. The molecule has 0 bridgehead atoms. The molecular weight excluding hydrogens is 312 g/mol. The maximum atomic E-state index is 10.6. The van der Waals surface area contributed by atoms with E-state index in [0.29, 0.717) is 17.8 Å². The molecule has 142 valence electrons. The van der Waals surface area contributed by atoms with Crippen LogP contribution in [0.4, 0.5) is 0 Å². The predicted octanol–water partition coefficient (Wildman–Crippen LogP) is 6.17. The van der Waals surface area contributed by atoms with Gasteiger partial charge in [-0.3, -0.25) is 0 Å². The summed E-state index contributed by atoms with van der Waals surface area (Å²) in [6.07, 6.45) is 6.77. The Morgan fingerprint density at radius 3 is 2.17 bits per heavy atom. The molecule has 1 fully saturated rings. The van der Waals surface area contributed by atoms with Crippen molar-refractivity contribution < 1.29 is 9.53 Å². The van der Waals surface area contributed by atoms with Crippen molar-refractivity contribution in [2.45, 2.75) is 97.4 Å². The lowest BCUT2D eigenvalue weighted by Crippen LogP contribution is -2.42. The first-order valence-corrected chi connectivity index (χ1v) is 12.9. The molecule has 0 aromatic rings. The molecule has 0 heterocycles. The molecule has 0 aromatic carbocycles. The number of aliphatic hydroxyl groups is 1. The lowest BCUT2D eigenvalue weighted by atomic mass is 9.80. The highest BCUT2D eigenvalue weighted by Gasteiger charge is 2.38. The first-order valence-electron chi connectivity index (χ1n) is 9.95. The van der Waals surface area contributed by atoms with Gasteiger partial charge in [0.05, 0.1) is 6.10 Å². The Balaban J connectivity index is 2.62. The molecule has 1 aliphatic rings. The second-order valence-corrected chi connectivity index (χ2v) is 14.6. The van der Waals surface area contributed by atoms with Crippen molar-refractivity contribution in [1.29, 1.82) is 0 Å². The Morgan fingerprint density at radius 1 is 1.17 bits per heavy atom. The average Bonchev–Trinajstić information content (AvgIpc) is 2.46. The topological polar surface area (TPSA) is 29.5 Å². The van der Waals surface area contributed by atoms with Crippen molar-refractivity contribution >= 4 is 8.32 Å². The molecule has 3 heteroatoms. The molecule has 1 rings (SSSR count). The summed E-state index contributed by atoms with van der Waals surface area (Å²) in [4.78, 5) is 0. The van der Waals surface area contributed by atoms with E-state index in [1.807, 2.05) is 0 Å². The smallest absolute Gasteiger partial charge is 0.192 e.